The molecule has 6 aliphatic carbocycles. The molecule has 19 heavy (non-hydrogen) atoms. The SMILES string of the molecule is [O-]N(O)OCC[C@]12[C@@H]3[C@@H](I)[C@H]4[C@H]5C[C@H]([C@@H]([C@H]53)[C@H]1I)[C@@H]42. The van der Waals surface area contributed by atoms with Crippen molar-refractivity contribution in [3.05, 3.63) is 5.21 Å². The summed E-state index contributed by atoms with van der Waals surface area (Å²) in [6.07, 6.45) is 2.44. The van der Waals surface area contributed by atoms with Crippen LogP contribution >= 0.6 is 45.2 Å². The van der Waals surface area contributed by atoms with E-state index in [0.29, 0.717) is 12.0 Å². The quantitative estimate of drug-likeness (QED) is 0.376. The summed E-state index contributed by atoms with van der Waals surface area (Å²) < 4.78 is 1.62. The Hall–Kier alpha value is 1.30. The summed E-state index contributed by atoms with van der Waals surface area (Å²) in [7, 11) is 0. The molecule has 0 spiro atoms. The highest BCUT2D eigenvalue weighted by atomic mass is 127. The van der Waals surface area contributed by atoms with Gasteiger partial charge in [-0.1, -0.05) is 45.2 Å². The highest BCUT2D eigenvalue weighted by Crippen LogP contribution is 2.89. The Morgan fingerprint density at radius 3 is 2.74 bits per heavy atom. The smallest absolute Gasteiger partial charge is 0.0706 e. The van der Waals surface area contributed by atoms with Crippen LogP contribution in [0.15, 0.2) is 0 Å². The van der Waals surface area contributed by atoms with E-state index in [1.807, 2.05) is 0 Å². The van der Waals surface area contributed by atoms with Crippen LogP contribution in [0.25, 0.3) is 0 Å². The molecule has 0 aromatic rings. The van der Waals surface area contributed by atoms with Crippen LogP contribution in [0.2, 0.25) is 0 Å². The highest BCUT2D eigenvalue weighted by molar-refractivity contribution is 14.1. The molecule has 10 atom stereocenters. The Balaban J connectivity index is 1.51. The lowest BCUT2D eigenvalue weighted by Gasteiger charge is -2.43. The zero-order valence-corrected chi connectivity index (χ0v) is 14.6. The zero-order valence-electron chi connectivity index (χ0n) is 10.3. The predicted octanol–water partition coefficient (Wildman–Crippen LogP) is 2.86. The van der Waals surface area contributed by atoms with Gasteiger partial charge in [0.1, 0.15) is 0 Å². The van der Waals surface area contributed by atoms with Crippen LogP contribution in [-0.2, 0) is 4.84 Å². The van der Waals surface area contributed by atoms with E-state index >= 15 is 0 Å². The Labute approximate surface area is 139 Å². The molecule has 6 heteroatoms. The fourth-order valence-corrected chi connectivity index (χ4v) is 11.8. The number of hydrogen-bond acceptors (Lipinski definition) is 4. The average Bonchev–Trinajstić information content (AvgIpc) is 3.05. The lowest BCUT2D eigenvalue weighted by molar-refractivity contribution is -0.308. The van der Waals surface area contributed by atoms with E-state index in [1.165, 1.54) is 6.42 Å². The molecule has 0 radical (unpaired) electrons. The van der Waals surface area contributed by atoms with Crippen molar-refractivity contribution in [2.45, 2.75) is 20.7 Å². The van der Waals surface area contributed by atoms with E-state index in [9.17, 15) is 5.21 Å². The highest BCUT2D eigenvalue weighted by Gasteiger charge is 2.87. The van der Waals surface area contributed by atoms with Crippen LogP contribution in [0.5, 0.6) is 0 Å². The third-order valence-electron chi connectivity index (χ3n) is 7.30. The minimum atomic E-state index is -0.371. The maximum absolute atomic E-state index is 10.5. The van der Waals surface area contributed by atoms with Gasteiger partial charge >= 0.3 is 0 Å². The van der Waals surface area contributed by atoms with E-state index in [4.69, 9.17) is 10.0 Å². The van der Waals surface area contributed by atoms with Gasteiger partial charge in [0.2, 0.25) is 0 Å². The molecule has 106 valence electrons. The van der Waals surface area contributed by atoms with Gasteiger partial charge in [-0.05, 0) is 59.7 Å². The van der Waals surface area contributed by atoms with Gasteiger partial charge in [0, 0.05) is 7.85 Å². The first-order valence-electron chi connectivity index (χ1n) is 7.16. The van der Waals surface area contributed by atoms with E-state index in [-0.39, 0.29) is 5.39 Å². The topological polar surface area (TPSA) is 55.8 Å². The van der Waals surface area contributed by atoms with Crippen LogP contribution < -0.4 is 0 Å². The van der Waals surface area contributed by atoms with E-state index in [1.54, 1.807) is 0 Å². The third-order valence-corrected chi connectivity index (χ3v) is 10.9. The van der Waals surface area contributed by atoms with Crippen LogP contribution in [0.3, 0.4) is 0 Å². The molecule has 0 aromatic carbocycles. The van der Waals surface area contributed by atoms with Gasteiger partial charge in [-0.3, -0.25) is 4.84 Å². The van der Waals surface area contributed by atoms with E-state index in [0.717, 1.165) is 55.7 Å². The van der Waals surface area contributed by atoms with E-state index < -0.39 is 0 Å². The molecule has 0 amide bonds. The van der Waals surface area contributed by atoms with Gasteiger partial charge < -0.3 is 10.4 Å². The Kier molecular flexibility index (Phi) is 2.55. The standard InChI is InChI=1S/C13H16I2NO3/c14-11-8-4-3-5-7-6(4)10(11)13(9(5)8,12(7)15)1-2-19-16(17)18/h4-12,17H,1-3H2/q-1/t4-,5+,6-,7-,8-,9-,10-,11-,12+,13-/m0/s1. The Bertz CT molecular complexity index is 446. The summed E-state index contributed by atoms with van der Waals surface area (Å²) in [5, 5.41) is 18.8. The first-order chi connectivity index (χ1) is 9.09. The summed E-state index contributed by atoms with van der Waals surface area (Å²) in [6, 6.07) is 0. The summed E-state index contributed by atoms with van der Waals surface area (Å²) in [4.78, 5) is 4.78. The minimum Gasteiger partial charge on any atom is -0.738 e. The molecular weight excluding hydrogens is 472 g/mol. The van der Waals surface area contributed by atoms with Crippen molar-refractivity contribution in [1.29, 1.82) is 0 Å². The summed E-state index contributed by atoms with van der Waals surface area (Å²) in [5.41, 5.74) is 0.417. The lowest BCUT2D eigenvalue weighted by Crippen LogP contribution is -2.41. The summed E-state index contributed by atoms with van der Waals surface area (Å²) >= 11 is 5.43. The second kappa shape index (κ2) is 3.79. The van der Waals surface area contributed by atoms with Gasteiger partial charge in [0.25, 0.3) is 0 Å². The first kappa shape index (κ1) is 12.8. The maximum atomic E-state index is 10.5. The van der Waals surface area contributed by atoms with Gasteiger partial charge in [0.05, 0.1) is 6.61 Å². The maximum Gasteiger partial charge on any atom is 0.0706 e. The predicted molar refractivity (Wildman–Crippen MR) is 84.7 cm³/mol. The molecule has 0 saturated heterocycles. The molecule has 6 rings (SSSR count). The van der Waals surface area contributed by atoms with Gasteiger partial charge in [0.15, 0.2) is 0 Å². The molecule has 0 aromatic heterocycles. The molecule has 6 bridgehead atoms. The fraction of sp³-hybridized carbons (Fsp3) is 1.00. The molecule has 4 nitrogen and oxygen atoms in total. The van der Waals surface area contributed by atoms with Crippen LogP contribution in [-0.4, -0.2) is 25.1 Å². The van der Waals surface area contributed by atoms with Gasteiger partial charge in [-0.2, -0.15) is 0 Å². The monoisotopic (exact) mass is 488 g/mol. The van der Waals surface area contributed by atoms with Crippen molar-refractivity contribution >= 4 is 45.2 Å². The molecule has 6 aliphatic rings. The van der Waals surface area contributed by atoms with Crippen LogP contribution in [0, 0.1) is 52.0 Å². The molecule has 6 saturated carbocycles. The van der Waals surface area contributed by atoms with Crippen molar-refractivity contribution in [2.75, 3.05) is 6.61 Å². The molecule has 1 N–H and O–H groups in total. The Morgan fingerprint density at radius 2 is 2.00 bits per heavy atom. The van der Waals surface area contributed by atoms with Crippen LogP contribution in [0.1, 0.15) is 12.8 Å². The van der Waals surface area contributed by atoms with Crippen LogP contribution in [0.4, 0.5) is 0 Å². The number of hydrogen-bond donors (Lipinski definition) is 1. The van der Waals surface area contributed by atoms with Crippen molar-refractivity contribution in [3.8, 4) is 0 Å². The summed E-state index contributed by atoms with van der Waals surface area (Å²) in [5.74, 6) is 6.62. The van der Waals surface area contributed by atoms with Crippen molar-refractivity contribution < 1.29 is 10.0 Å². The lowest BCUT2D eigenvalue weighted by atomic mass is 9.62. The average molecular weight is 488 g/mol. The van der Waals surface area contributed by atoms with Crippen molar-refractivity contribution in [2.24, 2.45) is 46.8 Å². The molecule has 6 fully saturated rings. The molecular formula is C13H16I2NO3-. The second-order valence-corrected chi connectivity index (χ2v) is 9.91. The normalized spacial score (nSPS) is 66.5. The second-order valence-electron chi connectivity index (χ2n) is 7.13. The third kappa shape index (κ3) is 1.17. The number of halogens is 2. The Morgan fingerprint density at radius 1 is 1.21 bits per heavy atom. The summed E-state index contributed by atoms with van der Waals surface area (Å²) in [6.45, 7) is 0.374. The fourth-order valence-electron chi connectivity index (χ4n) is 7.49. The number of nitrogens with zero attached hydrogens (tertiary/aromatic N) is 1. The number of alkyl halides is 2. The van der Waals surface area contributed by atoms with Crippen molar-refractivity contribution in [3.63, 3.8) is 0 Å². The molecule has 0 aliphatic heterocycles. The zero-order chi connectivity index (χ0) is 13.1. The molecule has 0 unspecified atom stereocenters. The molecule has 0 heterocycles. The number of rotatable bonds is 4. The minimum absolute atomic E-state index is 0.371. The van der Waals surface area contributed by atoms with Crippen molar-refractivity contribution in [1.82, 2.24) is 5.39 Å². The largest absolute Gasteiger partial charge is 0.738 e. The van der Waals surface area contributed by atoms with Gasteiger partial charge in [-0.15, -0.1) is 5.39 Å². The van der Waals surface area contributed by atoms with E-state index in [2.05, 4.69) is 45.2 Å². The van der Waals surface area contributed by atoms with Gasteiger partial charge in [-0.25, -0.2) is 0 Å². The first-order valence-corrected chi connectivity index (χ1v) is 9.65.